The molecule has 1 N–H and O–H groups in total. The molecule has 1 rings (SSSR count). The number of rotatable bonds is 10. The highest BCUT2D eigenvalue weighted by Gasteiger charge is 2.11. The smallest absolute Gasteiger partial charge is 0.0332 e. The molecule has 0 spiro atoms. The molecular weight excluding hydrogens is 332 g/mol. The van der Waals surface area contributed by atoms with Gasteiger partial charge in [0, 0.05) is 22.8 Å². The second-order valence-corrected chi connectivity index (χ2v) is 7.04. The molecule has 0 aliphatic rings. The van der Waals surface area contributed by atoms with Gasteiger partial charge in [-0.1, -0.05) is 35.0 Å². The van der Waals surface area contributed by atoms with Gasteiger partial charge in [-0.15, -0.1) is 0 Å². The van der Waals surface area contributed by atoms with Crippen molar-refractivity contribution in [2.24, 2.45) is 0 Å². The normalized spacial score (nSPS) is 12.8. The van der Waals surface area contributed by atoms with Crippen molar-refractivity contribution in [1.29, 1.82) is 0 Å². The lowest BCUT2D eigenvalue weighted by atomic mass is 10.0. The maximum absolute atomic E-state index is 3.67. The number of hydrogen-bond donors (Lipinski definition) is 1. The zero-order chi connectivity index (χ0) is 14.8. The van der Waals surface area contributed by atoms with Gasteiger partial charge >= 0.3 is 0 Å². The second kappa shape index (κ2) is 10.7. The summed E-state index contributed by atoms with van der Waals surface area (Å²) in [6.07, 6.45) is 4.50. The van der Waals surface area contributed by atoms with Gasteiger partial charge < -0.3 is 10.2 Å². The molecule has 0 bridgehead atoms. The van der Waals surface area contributed by atoms with E-state index in [0.717, 1.165) is 24.0 Å². The summed E-state index contributed by atoms with van der Waals surface area (Å²) in [5.74, 6) is 1.21. The average Bonchev–Trinajstić information content (AvgIpc) is 2.46. The van der Waals surface area contributed by atoms with Gasteiger partial charge in [-0.25, -0.2) is 0 Å². The van der Waals surface area contributed by atoms with Crippen molar-refractivity contribution in [2.75, 3.05) is 38.7 Å². The summed E-state index contributed by atoms with van der Waals surface area (Å²) in [4.78, 5) is 2.43. The van der Waals surface area contributed by atoms with Crippen molar-refractivity contribution in [3.63, 3.8) is 0 Å². The summed E-state index contributed by atoms with van der Waals surface area (Å²) in [6, 6.07) is 9.17. The summed E-state index contributed by atoms with van der Waals surface area (Å²) in [6.45, 7) is 5.60. The van der Waals surface area contributed by atoms with Crippen LogP contribution in [0.3, 0.4) is 0 Å². The van der Waals surface area contributed by atoms with E-state index in [4.69, 9.17) is 0 Å². The van der Waals surface area contributed by atoms with Crippen molar-refractivity contribution < 1.29 is 0 Å². The number of halogens is 1. The van der Waals surface area contributed by atoms with Gasteiger partial charge in [-0.3, -0.25) is 0 Å². The minimum absolute atomic E-state index is 0.458. The van der Waals surface area contributed by atoms with E-state index in [1.807, 2.05) is 11.8 Å². The summed E-state index contributed by atoms with van der Waals surface area (Å²) >= 11 is 5.42. The van der Waals surface area contributed by atoms with E-state index < -0.39 is 0 Å². The minimum Gasteiger partial charge on any atom is -0.310 e. The van der Waals surface area contributed by atoms with E-state index in [1.165, 1.54) is 24.3 Å². The van der Waals surface area contributed by atoms with Gasteiger partial charge in [-0.2, -0.15) is 11.8 Å². The van der Waals surface area contributed by atoms with Crippen LogP contribution in [0.15, 0.2) is 28.7 Å². The van der Waals surface area contributed by atoms with Gasteiger partial charge in [0.15, 0.2) is 0 Å². The monoisotopic (exact) mass is 358 g/mol. The Morgan fingerprint density at radius 1 is 1.25 bits per heavy atom. The molecule has 20 heavy (non-hydrogen) atoms. The van der Waals surface area contributed by atoms with Gasteiger partial charge in [0.25, 0.3) is 0 Å². The fourth-order valence-corrected chi connectivity index (χ4v) is 2.87. The van der Waals surface area contributed by atoms with Crippen molar-refractivity contribution in [1.82, 2.24) is 10.2 Å². The Morgan fingerprint density at radius 2 is 1.95 bits per heavy atom. The van der Waals surface area contributed by atoms with Crippen LogP contribution in [0, 0.1) is 0 Å². The van der Waals surface area contributed by atoms with Crippen molar-refractivity contribution >= 4 is 27.7 Å². The van der Waals surface area contributed by atoms with Crippen LogP contribution in [0.1, 0.15) is 31.4 Å². The largest absolute Gasteiger partial charge is 0.310 e. The lowest BCUT2D eigenvalue weighted by molar-refractivity contribution is 0.323. The first-order valence-electron chi connectivity index (χ1n) is 7.33. The van der Waals surface area contributed by atoms with E-state index in [1.54, 1.807) is 0 Å². The average molecular weight is 359 g/mol. The first-order chi connectivity index (χ1) is 9.67. The van der Waals surface area contributed by atoms with Crippen molar-refractivity contribution in [3.05, 3.63) is 34.3 Å². The molecule has 0 fully saturated rings. The van der Waals surface area contributed by atoms with Crippen LogP contribution >= 0.6 is 27.7 Å². The van der Waals surface area contributed by atoms with E-state index in [2.05, 4.69) is 70.6 Å². The number of hydrogen-bond acceptors (Lipinski definition) is 3. The van der Waals surface area contributed by atoms with E-state index in [0.29, 0.717) is 6.04 Å². The van der Waals surface area contributed by atoms with Crippen LogP contribution in [0.25, 0.3) is 0 Å². The van der Waals surface area contributed by atoms with Crippen LogP contribution in [-0.4, -0.2) is 43.6 Å². The summed E-state index contributed by atoms with van der Waals surface area (Å²) in [5.41, 5.74) is 1.39. The Morgan fingerprint density at radius 3 is 2.55 bits per heavy atom. The van der Waals surface area contributed by atoms with Crippen LogP contribution < -0.4 is 5.32 Å². The molecule has 0 saturated carbocycles. The quantitative estimate of drug-likeness (QED) is 0.675. The molecule has 1 aromatic rings. The Hall–Kier alpha value is -0.0300. The predicted octanol–water partition coefficient (Wildman–Crippen LogP) is 4.17. The molecular formula is C16H27BrN2S. The molecule has 114 valence electrons. The molecule has 2 nitrogen and oxygen atoms in total. The second-order valence-electron chi connectivity index (χ2n) is 5.14. The number of benzene rings is 1. The molecule has 0 aliphatic heterocycles. The fourth-order valence-electron chi connectivity index (χ4n) is 2.11. The summed E-state index contributed by atoms with van der Waals surface area (Å²) in [7, 11) is 2.22. The maximum atomic E-state index is 3.67. The Labute approximate surface area is 136 Å². The molecule has 1 aromatic carbocycles. The molecule has 0 aliphatic carbocycles. The molecule has 0 amide bonds. The lowest BCUT2D eigenvalue weighted by Gasteiger charge is -2.23. The number of thioether (sulfide) groups is 1. The number of nitrogens with one attached hydrogen (secondary N) is 1. The van der Waals surface area contributed by atoms with Gasteiger partial charge in [0.05, 0.1) is 0 Å². The summed E-state index contributed by atoms with van der Waals surface area (Å²) in [5, 5.41) is 3.67. The molecule has 0 saturated heterocycles. The highest BCUT2D eigenvalue weighted by Crippen LogP contribution is 2.20. The Balaban J connectivity index is 2.53. The van der Waals surface area contributed by atoms with Crippen molar-refractivity contribution in [2.45, 2.75) is 25.8 Å². The molecule has 0 aromatic heterocycles. The topological polar surface area (TPSA) is 15.3 Å². The maximum Gasteiger partial charge on any atom is 0.0332 e. The molecule has 1 unspecified atom stereocenters. The third-order valence-corrected chi connectivity index (χ3v) is 4.51. The molecule has 4 heteroatoms. The zero-order valence-corrected chi connectivity index (χ0v) is 15.3. The molecule has 0 radical (unpaired) electrons. The first-order valence-corrected chi connectivity index (χ1v) is 9.52. The van der Waals surface area contributed by atoms with Gasteiger partial charge in [0.1, 0.15) is 0 Å². The van der Waals surface area contributed by atoms with E-state index >= 15 is 0 Å². The third kappa shape index (κ3) is 7.11. The fraction of sp³-hybridized carbons (Fsp3) is 0.625. The molecule has 1 atom stereocenters. The zero-order valence-electron chi connectivity index (χ0n) is 12.9. The first kappa shape index (κ1) is 18.0. The van der Waals surface area contributed by atoms with Crippen LogP contribution in [0.4, 0.5) is 0 Å². The Kier molecular flexibility index (Phi) is 9.61. The SMILES string of the molecule is CCCNC(CCN(C)CCSC)c1ccc(Br)cc1. The lowest BCUT2D eigenvalue weighted by Crippen LogP contribution is -2.29. The van der Waals surface area contributed by atoms with Crippen LogP contribution in [-0.2, 0) is 0 Å². The van der Waals surface area contributed by atoms with Crippen LogP contribution in [0.5, 0.6) is 0 Å². The van der Waals surface area contributed by atoms with Crippen molar-refractivity contribution in [3.8, 4) is 0 Å². The number of nitrogens with zero attached hydrogens (tertiary/aromatic N) is 1. The van der Waals surface area contributed by atoms with Gasteiger partial charge in [-0.05, 0) is 56.9 Å². The van der Waals surface area contributed by atoms with Crippen LogP contribution in [0.2, 0.25) is 0 Å². The standard InChI is InChI=1S/C16H27BrN2S/c1-4-10-18-16(9-11-19(2)12-13-20-3)14-5-7-15(17)8-6-14/h5-8,16,18H,4,9-13H2,1-3H3. The highest BCUT2D eigenvalue weighted by atomic mass is 79.9. The van der Waals surface area contributed by atoms with E-state index in [9.17, 15) is 0 Å². The van der Waals surface area contributed by atoms with Gasteiger partial charge in [0.2, 0.25) is 0 Å². The third-order valence-electron chi connectivity index (χ3n) is 3.39. The molecule has 0 heterocycles. The highest BCUT2D eigenvalue weighted by molar-refractivity contribution is 9.10. The predicted molar refractivity (Wildman–Crippen MR) is 95.7 cm³/mol. The Bertz CT molecular complexity index is 356. The minimum atomic E-state index is 0.458. The van der Waals surface area contributed by atoms with E-state index in [-0.39, 0.29) is 0 Å². The summed E-state index contributed by atoms with van der Waals surface area (Å²) < 4.78 is 1.15.